The molecule has 3 aromatic rings. The quantitative estimate of drug-likeness (QED) is 0.802. The van der Waals surface area contributed by atoms with Crippen molar-refractivity contribution in [3.8, 4) is 0 Å². The van der Waals surface area contributed by atoms with Gasteiger partial charge in [-0.25, -0.2) is 4.98 Å². The molecule has 5 nitrogen and oxygen atoms in total. The predicted molar refractivity (Wildman–Crippen MR) is 89.2 cm³/mol. The van der Waals surface area contributed by atoms with E-state index in [1.54, 1.807) is 24.8 Å². The number of pyridine rings is 3. The summed E-state index contributed by atoms with van der Waals surface area (Å²) in [6.45, 7) is 1.40. The van der Waals surface area contributed by atoms with Crippen molar-refractivity contribution in [1.29, 1.82) is 0 Å². The summed E-state index contributed by atoms with van der Waals surface area (Å²) in [5, 5.41) is 11.5. The summed E-state index contributed by atoms with van der Waals surface area (Å²) in [7, 11) is 0. The number of β-amino-alcohol motifs (C(OH)–C–C–N with tert-alkyl or cyclic N) is 1. The fraction of sp³-hybridized carbons (Fsp3) is 0.278. The van der Waals surface area contributed by atoms with Crippen LogP contribution in [0.3, 0.4) is 0 Å². The Morgan fingerprint density at radius 3 is 2.74 bits per heavy atom. The Kier molecular flexibility index (Phi) is 3.63. The summed E-state index contributed by atoms with van der Waals surface area (Å²) >= 11 is 0. The van der Waals surface area contributed by atoms with E-state index in [4.69, 9.17) is 0 Å². The van der Waals surface area contributed by atoms with E-state index in [0.717, 1.165) is 29.7 Å². The molecule has 4 rings (SSSR count). The second-order valence-corrected chi connectivity index (χ2v) is 6.00. The number of anilines is 1. The van der Waals surface area contributed by atoms with Crippen LogP contribution in [-0.4, -0.2) is 39.3 Å². The lowest BCUT2D eigenvalue weighted by atomic mass is 9.97. The van der Waals surface area contributed by atoms with E-state index in [1.807, 2.05) is 30.3 Å². The topological polar surface area (TPSA) is 62.1 Å². The van der Waals surface area contributed by atoms with Crippen LogP contribution in [0.1, 0.15) is 5.56 Å². The first kappa shape index (κ1) is 14.1. The Morgan fingerprint density at radius 2 is 1.87 bits per heavy atom. The van der Waals surface area contributed by atoms with Crippen LogP contribution < -0.4 is 4.90 Å². The normalized spacial score (nSPS) is 21.0. The first-order valence-corrected chi connectivity index (χ1v) is 7.83. The van der Waals surface area contributed by atoms with Crippen LogP contribution >= 0.6 is 0 Å². The van der Waals surface area contributed by atoms with E-state index in [2.05, 4.69) is 19.9 Å². The molecular weight excluding hydrogens is 288 g/mol. The molecule has 0 radical (unpaired) electrons. The third-order valence-electron chi connectivity index (χ3n) is 4.46. The van der Waals surface area contributed by atoms with Crippen molar-refractivity contribution < 1.29 is 5.11 Å². The zero-order chi connectivity index (χ0) is 15.6. The standard InChI is InChI=1S/C18H18N4O/c23-17-12-22(11-14(17)10-13-3-7-19-8-4-13)18-15-2-1-6-20-16(15)5-9-21-18/h1-9,14,17,23H,10-12H2/t14-,17-/m1/s1. The molecule has 1 aliphatic rings. The Balaban J connectivity index is 1.59. The van der Waals surface area contributed by atoms with Crippen molar-refractivity contribution in [3.63, 3.8) is 0 Å². The predicted octanol–water partition coefficient (Wildman–Crippen LogP) is 2.06. The number of rotatable bonds is 3. The van der Waals surface area contributed by atoms with Crippen LogP contribution in [0.25, 0.3) is 10.9 Å². The Hall–Kier alpha value is -2.53. The average molecular weight is 306 g/mol. The van der Waals surface area contributed by atoms with Gasteiger partial charge in [-0.3, -0.25) is 9.97 Å². The molecule has 0 aliphatic carbocycles. The van der Waals surface area contributed by atoms with Crippen molar-refractivity contribution in [2.24, 2.45) is 5.92 Å². The van der Waals surface area contributed by atoms with E-state index in [1.165, 1.54) is 5.56 Å². The zero-order valence-corrected chi connectivity index (χ0v) is 12.7. The van der Waals surface area contributed by atoms with E-state index in [0.29, 0.717) is 6.54 Å². The highest BCUT2D eigenvalue weighted by Crippen LogP contribution is 2.29. The fourth-order valence-electron chi connectivity index (χ4n) is 3.29. The molecule has 1 aliphatic heterocycles. The van der Waals surface area contributed by atoms with Gasteiger partial charge in [0.25, 0.3) is 0 Å². The molecule has 1 saturated heterocycles. The van der Waals surface area contributed by atoms with Gasteiger partial charge < -0.3 is 10.0 Å². The molecule has 0 aromatic carbocycles. The van der Waals surface area contributed by atoms with Gasteiger partial charge in [0, 0.05) is 49.2 Å². The van der Waals surface area contributed by atoms with Crippen molar-refractivity contribution >= 4 is 16.7 Å². The van der Waals surface area contributed by atoms with Crippen LogP contribution in [0, 0.1) is 5.92 Å². The van der Waals surface area contributed by atoms with Gasteiger partial charge >= 0.3 is 0 Å². The molecule has 0 bridgehead atoms. The SMILES string of the molecule is O[C@@H]1CN(c2nccc3ncccc23)C[C@H]1Cc1ccncc1. The number of hydrogen-bond acceptors (Lipinski definition) is 5. The minimum atomic E-state index is -0.350. The van der Waals surface area contributed by atoms with Crippen LogP contribution in [0.15, 0.2) is 55.1 Å². The monoisotopic (exact) mass is 306 g/mol. The summed E-state index contributed by atoms with van der Waals surface area (Å²) in [6.07, 6.45) is 7.67. The van der Waals surface area contributed by atoms with Gasteiger partial charge in [0.1, 0.15) is 5.82 Å². The van der Waals surface area contributed by atoms with E-state index >= 15 is 0 Å². The molecule has 0 saturated carbocycles. The highest BCUT2D eigenvalue weighted by Gasteiger charge is 2.32. The van der Waals surface area contributed by atoms with Gasteiger partial charge in [-0.2, -0.15) is 0 Å². The largest absolute Gasteiger partial charge is 0.391 e. The lowest BCUT2D eigenvalue weighted by molar-refractivity contribution is 0.148. The first-order valence-electron chi connectivity index (χ1n) is 7.83. The van der Waals surface area contributed by atoms with Crippen molar-refractivity contribution in [3.05, 3.63) is 60.7 Å². The number of aliphatic hydroxyl groups excluding tert-OH is 1. The van der Waals surface area contributed by atoms with Gasteiger partial charge in [0.15, 0.2) is 0 Å². The minimum Gasteiger partial charge on any atom is -0.391 e. The maximum atomic E-state index is 10.5. The molecule has 0 unspecified atom stereocenters. The zero-order valence-electron chi connectivity index (χ0n) is 12.7. The van der Waals surface area contributed by atoms with Crippen LogP contribution in [0.2, 0.25) is 0 Å². The molecule has 5 heteroatoms. The van der Waals surface area contributed by atoms with Crippen LogP contribution in [0.5, 0.6) is 0 Å². The van der Waals surface area contributed by atoms with Gasteiger partial charge in [-0.1, -0.05) is 0 Å². The Bertz CT molecular complexity index is 803. The summed E-state index contributed by atoms with van der Waals surface area (Å²) < 4.78 is 0. The molecule has 0 spiro atoms. The first-order chi connectivity index (χ1) is 11.3. The van der Waals surface area contributed by atoms with Gasteiger partial charge in [0.05, 0.1) is 11.6 Å². The van der Waals surface area contributed by atoms with Crippen LogP contribution in [-0.2, 0) is 6.42 Å². The molecule has 4 heterocycles. The third kappa shape index (κ3) is 2.75. The molecular formula is C18H18N4O. The number of fused-ring (bicyclic) bond motifs is 1. The number of aromatic nitrogens is 3. The molecule has 116 valence electrons. The Morgan fingerprint density at radius 1 is 1.00 bits per heavy atom. The number of nitrogens with zero attached hydrogens (tertiary/aromatic N) is 4. The lowest BCUT2D eigenvalue weighted by Crippen LogP contribution is -2.22. The van der Waals surface area contributed by atoms with Crippen molar-refractivity contribution in [1.82, 2.24) is 15.0 Å². The van der Waals surface area contributed by atoms with E-state index < -0.39 is 0 Å². The van der Waals surface area contributed by atoms with Gasteiger partial charge in [-0.05, 0) is 42.3 Å². The van der Waals surface area contributed by atoms with Gasteiger partial charge in [0.2, 0.25) is 0 Å². The molecule has 2 atom stereocenters. The van der Waals surface area contributed by atoms with E-state index in [9.17, 15) is 5.11 Å². The van der Waals surface area contributed by atoms with Crippen molar-refractivity contribution in [2.45, 2.75) is 12.5 Å². The summed E-state index contributed by atoms with van der Waals surface area (Å²) in [5.41, 5.74) is 2.14. The summed E-state index contributed by atoms with van der Waals surface area (Å²) in [5.74, 6) is 1.11. The Labute approximate surface area is 134 Å². The average Bonchev–Trinajstić information content (AvgIpc) is 2.96. The molecule has 0 amide bonds. The highest BCUT2D eigenvalue weighted by atomic mass is 16.3. The molecule has 1 N–H and O–H groups in total. The minimum absolute atomic E-state index is 0.200. The maximum Gasteiger partial charge on any atom is 0.138 e. The molecule has 1 fully saturated rings. The summed E-state index contributed by atoms with van der Waals surface area (Å²) in [6, 6.07) is 9.90. The second kappa shape index (κ2) is 5.93. The molecule has 3 aromatic heterocycles. The maximum absolute atomic E-state index is 10.5. The van der Waals surface area contributed by atoms with Gasteiger partial charge in [-0.15, -0.1) is 0 Å². The van der Waals surface area contributed by atoms with Crippen LogP contribution in [0.4, 0.5) is 5.82 Å². The lowest BCUT2D eigenvalue weighted by Gasteiger charge is -2.18. The smallest absolute Gasteiger partial charge is 0.138 e. The molecule has 23 heavy (non-hydrogen) atoms. The summed E-state index contributed by atoms with van der Waals surface area (Å²) in [4.78, 5) is 15.1. The number of aliphatic hydroxyl groups is 1. The second-order valence-electron chi connectivity index (χ2n) is 6.00. The third-order valence-corrected chi connectivity index (χ3v) is 4.46. The van der Waals surface area contributed by atoms with Crippen molar-refractivity contribution in [2.75, 3.05) is 18.0 Å². The highest BCUT2D eigenvalue weighted by molar-refractivity contribution is 5.89. The number of hydrogen-bond donors (Lipinski definition) is 1. The van der Waals surface area contributed by atoms with E-state index in [-0.39, 0.29) is 12.0 Å². The fourth-order valence-corrected chi connectivity index (χ4v) is 3.29.